The van der Waals surface area contributed by atoms with Crippen molar-refractivity contribution in [1.29, 1.82) is 0 Å². The van der Waals surface area contributed by atoms with Crippen LogP contribution < -0.4 is 10.1 Å². The molecule has 0 unspecified atom stereocenters. The number of rotatable bonds is 4. The van der Waals surface area contributed by atoms with Crippen LogP contribution in [0.2, 0.25) is 0 Å². The van der Waals surface area contributed by atoms with Gasteiger partial charge >= 0.3 is 0 Å². The van der Waals surface area contributed by atoms with Crippen molar-refractivity contribution in [3.63, 3.8) is 0 Å². The van der Waals surface area contributed by atoms with Crippen LogP contribution in [0.3, 0.4) is 0 Å². The summed E-state index contributed by atoms with van der Waals surface area (Å²) in [4.78, 5) is 26.8. The monoisotopic (exact) mass is 354 g/mol. The van der Waals surface area contributed by atoms with Crippen LogP contribution in [0.4, 0.5) is 4.39 Å². The van der Waals surface area contributed by atoms with E-state index in [9.17, 15) is 14.0 Å². The van der Waals surface area contributed by atoms with Gasteiger partial charge in [-0.25, -0.2) is 4.39 Å². The van der Waals surface area contributed by atoms with E-state index in [1.807, 2.05) is 0 Å². The molecule has 0 atom stereocenters. The minimum absolute atomic E-state index is 0.0489. The first-order chi connectivity index (χ1) is 12.6. The van der Waals surface area contributed by atoms with Crippen molar-refractivity contribution in [3.05, 3.63) is 65.0 Å². The van der Waals surface area contributed by atoms with E-state index in [0.29, 0.717) is 16.9 Å². The van der Waals surface area contributed by atoms with Crippen molar-refractivity contribution in [3.8, 4) is 5.75 Å². The van der Waals surface area contributed by atoms with Gasteiger partial charge in [0.05, 0.1) is 11.1 Å². The molecule has 1 saturated heterocycles. The van der Waals surface area contributed by atoms with E-state index < -0.39 is 0 Å². The zero-order chi connectivity index (χ0) is 18.1. The van der Waals surface area contributed by atoms with Gasteiger partial charge in [0.15, 0.2) is 0 Å². The van der Waals surface area contributed by atoms with Gasteiger partial charge in [-0.3, -0.25) is 14.5 Å². The Balaban J connectivity index is 1.51. The SMILES string of the molecule is O=C1c2ccc(OCc3ccc(F)cc3)cc2C(=O)N1C1CCNCC1. The molecule has 0 aromatic heterocycles. The van der Waals surface area contributed by atoms with Crippen molar-refractivity contribution in [2.24, 2.45) is 0 Å². The molecule has 5 nitrogen and oxygen atoms in total. The average Bonchev–Trinajstić information content (AvgIpc) is 2.92. The number of hydrogen-bond donors (Lipinski definition) is 1. The van der Waals surface area contributed by atoms with Crippen LogP contribution in [-0.2, 0) is 6.61 Å². The lowest BCUT2D eigenvalue weighted by molar-refractivity contribution is 0.0555. The number of carbonyl (C=O) groups is 2. The van der Waals surface area contributed by atoms with Gasteiger partial charge in [-0.15, -0.1) is 0 Å². The third-order valence-corrected chi connectivity index (χ3v) is 4.88. The number of ether oxygens (including phenoxy) is 1. The Labute approximate surface area is 150 Å². The second kappa shape index (κ2) is 6.88. The van der Waals surface area contributed by atoms with Crippen molar-refractivity contribution in [2.75, 3.05) is 13.1 Å². The maximum absolute atomic E-state index is 13.0. The summed E-state index contributed by atoms with van der Waals surface area (Å²) in [6.45, 7) is 1.88. The van der Waals surface area contributed by atoms with Gasteiger partial charge in [0.2, 0.25) is 0 Å². The number of hydrogen-bond acceptors (Lipinski definition) is 4. The lowest BCUT2D eigenvalue weighted by Crippen LogP contribution is -2.45. The number of nitrogens with zero attached hydrogens (tertiary/aromatic N) is 1. The molecular formula is C20H19FN2O3. The van der Waals surface area contributed by atoms with Crippen LogP contribution in [0.15, 0.2) is 42.5 Å². The molecule has 2 heterocycles. The molecule has 4 rings (SSSR count). The number of nitrogens with one attached hydrogen (secondary N) is 1. The van der Waals surface area contributed by atoms with Crippen LogP contribution in [0, 0.1) is 5.82 Å². The summed E-state index contributed by atoms with van der Waals surface area (Å²) in [5.41, 5.74) is 1.65. The summed E-state index contributed by atoms with van der Waals surface area (Å²) in [6.07, 6.45) is 1.55. The first kappa shape index (κ1) is 16.7. The largest absolute Gasteiger partial charge is 0.489 e. The molecule has 2 aromatic carbocycles. The minimum Gasteiger partial charge on any atom is -0.489 e. The first-order valence-corrected chi connectivity index (χ1v) is 8.73. The van der Waals surface area contributed by atoms with Gasteiger partial charge in [-0.2, -0.15) is 0 Å². The molecule has 2 aliphatic rings. The van der Waals surface area contributed by atoms with Crippen molar-refractivity contribution >= 4 is 11.8 Å². The average molecular weight is 354 g/mol. The topological polar surface area (TPSA) is 58.6 Å². The predicted molar refractivity (Wildman–Crippen MR) is 93.6 cm³/mol. The molecule has 134 valence electrons. The molecule has 6 heteroatoms. The van der Waals surface area contributed by atoms with Gasteiger partial charge < -0.3 is 10.1 Å². The van der Waals surface area contributed by atoms with E-state index in [0.717, 1.165) is 31.5 Å². The van der Waals surface area contributed by atoms with Crippen molar-refractivity contribution in [1.82, 2.24) is 10.2 Å². The highest BCUT2D eigenvalue weighted by Gasteiger charge is 2.40. The van der Waals surface area contributed by atoms with Crippen molar-refractivity contribution < 1.29 is 18.7 Å². The molecule has 1 fully saturated rings. The fraction of sp³-hybridized carbons (Fsp3) is 0.300. The van der Waals surface area contributed by atoms with E-state index >= 15 is 0 Å². The van der Waals surface area contributed by atoms with Crippen LogP contribution in [0.5, 0.6) is 5.75 Å². The molecular weight excluding hydrogens is 335 g/mol. The van der Waals surface area contributed by atoms with Crippen LogP contribution >= 0.6 is 0 Å². The minimum atomic E-state index is -0.298. The predicted octanol–water partition coefficient (Wildman–Crippen LogP) is 2.75. The quantitative estimate of drug-likeness (QED) is 0.858. The number of benzene rings is 2. The summed E-state index contributed by atoms with van der Waals surface area (Å²) in [5.74, 6) is -0.249. The molecule has 2 aliphatic heterocycles. The van der Waals surface area contributed by atoms with Gasteiger partial charge in [-0.1, -0.05) is 12.1 Å². The van der Waals surface area contributed by atoms with E-state index in [-0.39, 0.29) is 30.3 Å². The Morgan fingerprint density at radius 2 is 1.69 bits per heavy atom. The second-order valence-electron chi connectivity index (χ2n) is 6.58. The number of carbonyl (C=O) groups excluding carboxylic acids is 2. The molecule has 0 aliphatic carbocycles. The van der Waals surface area contributed by atoms with Crippen LogP contribution in [-0.4, -0.2) is 35.8 Å². The molecule has 1 N–H and O–H groups in total. The molecule has 26 heavy (non-hydrogen) atoms. The summed E-state index contributed by atoms with van der Waals surface area (Å²) in [7, 11) is 0. The summed E-state index contributed by atoms with van der Waals surface area (Å²) < 4.78 is 18.7. The zero-order valence-corrected chi connectivity index (χ0v) is 14.2. The summed E-state index contributed by atoms with van der Waals surface area (Å²) >= 11 is 0. The second-order valence-corrected chi connectivity index (χ2v) is 6.58. The number of halogens is 1. The maximum Gasteiger partial charge on any atom is 0.261 e. The summed E-state index contributed by atoms with van der Waals surface area (Å²) in [6, 6.07) is 11.0. The number of imide groups is 1. The number of piperidine rings is 1. The fourth-order valence-electron chi connectivity index (χ4n) is 3.47. The highest BCUT2D eigenvalue weighted by molar-refractivity contribution is 6.21. The van der Waals surface area contributed by atoms with E-state index in [1.54, 1.807) is 30.3 Å². The van der Waals surface area contributed by atoms with E-state index in [1.165, 1.54) is 17.0 Å². The third kappa shape index (κ3) is 3.08. The van der Waals surface area contributed by atoms with Crippen LogP contribution in [0.25, 0.3) is 0 Å². The molecule has 0 spiro atoms. The molecule has 0 bridgehead atoms. The molecule has 2 aromatic rings. The van der Waals surface area contributed by atoms with Gasteiger partial charge in [0, 0.05) is 6.04 Å². The van der Waals surface area contributed by atoms with E-state index in [4.69, 9.17) is 4.74 Å². The van der Waals surface area contributed by atoms with Crippen LogP contribution in [0.1, 0.15) is 39.1 Å². The first-order valence-electron chi connectivity index (χ1n) is 8.73. The highest BCUT2D eigenvalue weighted by Crippen LogP contribution is 2.30. The van der Waals surface area contributed by atoms with Gasteiger partial charge in [0.25, 0.3) is 11.8 Å². The highest BCUT2D eigenvalue weighted by atomic mass is 19.1. The Bertz CT molecular complexity index is 845. The van der Waals surface area contributed by atoms with Gasteiger partial charge in [-0.05, 0) is 61.8 Å². The van der Waals surface area contributed by atoms with Crippen molar-refractivity contribution in [2.45, 2.75) is 25.5 Å². The number of amides is 2. The van der Waals surface area contributed by atoms with E-state index in [2.05, 4.69) is 5.32 Å². The smallest absolute Gasteiger partial charge is 0.261 e. The lowest BCUT2D eigenvalue weighted by atomic mass is 10.1. The third-order valence-electron chi connectivity index (χ3n) is 4.88. The Hall–Kier alpha value is -2.73. The lowest BCUT2D eigenvalue weighted by Gasteiger charge is -2.29. The number of fused-ring (bicyclic) bond motifs is 1. The Morgan fingerprint density at radius 3 is 2.42 bits per heavy atom. The Morgan fingerprint density at radius 1 is 1.00 bits per heavy atom. The Kier molecular flexibility index (Phi) is 4.42. The zero-order valence-electron chi connectivity index (χ0n) is 14.2. The molecule has 2 amide bonds. The molecule has 0 saturated carbocycles. The normalized spacial score (nSPS) is 17.5. The fourth-order valence-corrected chi connectivity index (χ4v) is 3.47. The summed E-state index contributed by atoms with van der Waals surface area (Å²) in [5, 5.41) is 3.24. The molecule has 0 radical (unpaired) electrons. The maximum atomic E-state index is 13.0. The van der Waals surface area contributed by atoms with Gasteiger partial charge in [0.1, 0.15) is 18.2 Å². The standard InChI is InChI=1S/C20H19FN2O3/c21-14-3-1-13(2-4-14)12-26-16-5-6-17-18(11-16)20(25)23(19(17)24)15-7-9-22-10-8-15/h1-6,11,15,22H,7-10,12H2.